The number of hydrogen-bond donors (Lipinski definition) is 0. The lowest BCUT2D eigenvalue weighted by atomic mass is 10.1. The molecule has 4 heteroatoms. The molecule has 0 heterocycles. The van der Waals surface area contributed by atoms with Gasteiger partial charge in [0, 0.05) is 4.47 Å². The summed E-state index contributed by atoms with van der Waals surface area (Å²) < 4.78 is 11.6. The van der Waals surface area contributed by atoms with Gasteiger partial charge >= 0.3 is 0 Å². The van der Waals surface area contributed by atoms with Crippen LogP contribution in [0, 0.1) is 18.3 Å². The van der Waals surface area contributed by atoms with E-state index < -0.39 is 0 Å². The number of halogens is 1. The fraction of sp³-hybridized carbons (Fsp3) is 0.133. The fourth-order valence-corrected chi connectivity index (χ4v) is 2.04. The second-order valence-corrected chi connectivity index (χ2v) is 4.84. The molecule has 0 bridgehead atoms. The molecule has 3 nitrogen and oxygen atoms in total. The Hall–Kier alpha value is -1.99. The molecule has 0 aliphatic carbocycles. The van der Waals surface area contributed by atoms with Crippen LogP contribution >= 0.6 is 15.9 Å². The summed E-state index contributed by atoms with van der Waals surface area (Å²) in [5.41, 5.74) is 1.51. The first-order chi connectivity index (χ1) is 9.13. The molecule has 0 N–H and O–H groups in total. The monoisotopic (exact) mass is 317 g/mol. The molecule has 2 rings (SSSR count). The molecule has 0 amide bonds. The summed E-state index contributed by atoms with van der Waals surface area (Å²) in [6, 6.07) is 13.1. The molecule has 2 aromatic rings. The van der Waals surface area contributed by atoms with Gasteiger partial charge in [-0.1, -0.05) is 0 Å². The van der Waals surface area contributed by atoms with Crippen molar-refractivity contribution in [3.05, 3.63) is 52.0 Å². The number of rotatable bonds is 3. The third-order valence-corrected chi connectivity index (χ3v) is 3.33. The zero-order chi connectivity index (χ0) is 13.8. The molecule has 0 aromatic heterocycles. The average Bonchev–Trinajstić information content (AvgIpc) is 2.43. The molecule has 0 atom stereocenters. The number of aryl methyl sites for hydroxylation is 1. The van der Waals surface area contributed by atoms with Gasteiger partial charge in [-0.2, -0.15) is 5.26 Å². The van der Waals surface area contributed by atoms with Crippen LogP contribution in [-0.2, 0) is 0 Å². The average molecular weight is 318 g/mol. The normalized spacial score (nSPS) is 9.79. The van der Waals surface area contributed by atoms with Crippen molar-refractivity contribution in [1.82, 2.24) is 0 Å². The van der Waals surface area contributed by atoms with Gasteiger partial charge in [-0.25, -0.2) is 0 Å². The van der Waals surface area contributed by atoms with Crippen molar-refractivity contribution in [2.45, 2.75) is 6.92 Å². The summed E-state index contributed by atoms with van der Waals surface area (Å²) in [6.07, 6.45) is 0. The van der Waals surface area contributed by atoms with Crippen LogP contribution in [0.2, 0.25) is 0 Å². The van der Waals surface area contributed by atoms with Gasteiger partial charge in [-0.3, -0.25) is 0 Å². The first-order valence-corrected chi connectivity index (χ1v) is 6.45. The van der Waals surface area contributed by atoms with E-state index in [1.807, 2.05) is 31.2 Å². The fourth-order valence-electron chi connectivity index (χ4n) is 1.63. The molecule has 0 aliphatic rings. The van der Waals surface area contributed by atoms with Gasteiger partial charge in [-0.15, -0.1) is 0 Å². The maximum absolute atomic E-state index is 8.95. The van der Waals surface area contributed by atoms with Crippen molar-refractivity contribution in [3.63, 3.8) is 0 Å². The van der Waals surface area contributed by atoms with Gasteiger partial charge in [0.2, 0.25) is 0 Å². The molecule has 2 aromatic carbocycles. The number of nitrogens with zero attached hydrogens (tertiary/aromatic N) is 1. The predicted octanol–water partition coefficient (Wildman–Crippen LogP) is 4.43. The summed E-state index contributed by atoms with van der Waals surface area (Å²) in [5, 5.41) is 8.95. The van der Waals surface area contributed by atoms with Crippen LogP contribution in [0.3, 0.4) is 0 Å². The van der Waals surface area contributed by atoms with E-state index in [0.29, 0.717) is 5.56 Å². The second-order valence-electron chi connectivity index (χ2n) is 3.99. The van der Waals surface area contributed by atoms with Crippen LogP contribution < -0.4 is 9.47 Å². The van der Waals surface area contributed by atoms with Gasteiger partial charge in [0.1, 0.15) is 23.3 Å². The number of nitriles is 1. The van der Waals surface area contributed by atoms with Gasteiger partial charge in [-0.05, 0) is 64.8 Å². The van der Waals surface area contributed by atoms with Crippen molar-refractivity contribution in [1.29, 1.82) is 5.26 Å². The molecule has 0 aliphatic heterocycles. The molecule has 0 saturated heterocycles. The Labute approximate surface area is 120 Å². The van der Waals surface area contributed by atoms with Crippen molar-refractivity contribution >= 4 is 15.9 Å². The number of methoxy groups -OCH3 is 1. The predicted molar refractivity (Wildman–Crippen MR) is 76.7 cm³/mol. The molecule has 19 heavy (non-hydrogen) atoms. The summed E-state index contributed by atoms with van der Waals surface area (Å²) in [5.74, 6) is 2.22. The SMILES string of the molecule is COc1ccc(Oc2cc(Br)c(C#N)cc2C)cc1. The first-order valence-electron chi connectivity index (χ1n) is 5.66. The summed E-state index contributed by atoms with van der Waals surface area (Å²) in [4.78, 5) is 0. The van der Waals surface area contributed by atoms with E-state index in [2.05, 4.69) is 22.0 Å². The highest BCUT2D eigenvalue weighted by Gasteiger charge is 2.07. The van der Waals surface area contributed by atoms with Gasteiger partial charge in [0.15, 0.2) is 0 Å². The van der Waals surface area contributed by atoms with Crippen LogP contribution in [0.15, 0.2) is 40.9 Å². The van der Waals surface area contributed by atoms with Crippen LogP contribution in [0.4, 0.5) is 0 Å². The van der Waals surface area contributed by atoms with Crippen molar-refractivity contribution in [3.8, 4) is 23.3 Å². The molecule has 0 fully saturated rings. The van der Waals surface area contributed by atoms with Crippen LogP contribution in [0.5, 0.6) is 17.2 Å². The highest BCUT2D eigenvalue weighted by Crippen LogP contribution is 2.31. The van der Waals surface area contributed by atoms with Crippen LogP contribution in [-0.4, -0.2) is 7.11 Å². The molecular formula is C15H12BrNO2. The Morgan fingerprint density at radius 2 is 1.74 bits per heavy atom. The summed E-state index contributed by atoms with van der Waals surface area (Å²) in [6.45, 7) is 1.91. The Balaban J connectivity index is 2.28. The van der Waals surface area contributed by atoms with E-state index in [9.17, 15) is 0 Å². The highest BCUT2D eigenvalue weighted by atomic mass is 79.9. The zero-order valence-electron chi connectivity index (χ0n) is 10.6. The third kappa shape index (κ3) is 3.07. The topological polar surface area (TPSA) is 42.2 Å². The molecule has 0 saturated carbocycles. The largest absolute Gasteiger partial charge is 0.497 e. The van der Waals surface area contributed by atoms with Crippen LogP contribution in [0.1, 0.15) is 11.1 Å². The van der Waals surface area contributed by atoms with E-state index in [4.69, 9.17) is 14.7 Å². The maximum atomic E-state index is 8.95. The van der Waals surface area contributed by atoms with Gasteiger partial charge in [0.05, 0.1) is 12.7 Å². The lowest BCUT2D eigenvalue weighted by molar-refractivity contribution is 0.412. The number of ether oxygens (including phenoxy) is 2. The Bertz CT molecular complexity index is 630. The lowest BCUT2D eigenvalue weighted by Gasteiger charge is -2.10. The van der Waals surface area contributed by atoms with E-state index in [1.54, 1.807) is 19.2 Å². The van der Waals surface area contributed by atoms with Crippen molar-refractivity contribution in [2.24, 2.45) is 0 Å². The molecular weight excluding hydrogens is 306 g/mol. The zero-order valence-corrected chi connectivity index (χ0v) is 12.2. The van der Waals surface area contributed by atoms with E-state index in [1.165, 1.54) is 0 Å². The smallest absolute Gasteiger partial charge is 0.131 e. The second kappa shape index (κ2) is 5.77. The Morgan fingerprint density at radius 3 is 2.32 bits per heavy atom. The van der Waals surface area contributed by atoms with Gasteiger partial charge in [0.25, 0.3) is 0 Å². The van der Waals surface area contributed by atoms with E-state index >= 15 is 0 Å². The van der Waals surface area contributed by atoms with Crippen molar-refractivity contribution in [2.75, 3.05) is 7.11 Å². The maximum Gasteiger partial charge on any atom is 0.131 e. The van der Waals surface area contributed by atoms with E-state index in [-0.39, 0.29) is 0 Å². The van der Waals surface area contributed by atoms with Crippen LogP contribution in [0.25, 0.3) is 0 Å². The number of benzene rings is 2. The summed E-state index contributed by atoms with van der Waals surface area (Å²) >= 11 is 3.36. The molecule has 96 valence electrons. The van der Waals surface area contributed by atoms with Crippen molar-refractivity contribution < 1.29 is 9.47 Å². The standard InChI is InChI=1S/C15H12BrNO2/c1-10-7-11(9-17)14(16)8-15(10)19-13-5-3-12(18-2)4-6-13/h3-8H,1-2H3. The minimum Gasteiger partial charge on any atom is -0.497 e. The minimum atomic E-state index is 0.597. The Morgan fingerprint density at radius 1 is 1.11 bits per heavy atom. The Kier molecular flexibility index (Phi) is 4.08. The quantitative estimate of drug-likeness (QED) is 0.841. The van der Waals surface area contributed by atoms with Gasteiger partial charge < -0.3 is 9.47 Å². The lowest BCUT2D eigenvalue weighted by Crippen LogP contribution is -1.90. The summed E-state index contributed by atoms with van der Waals surface area (Å²) in [7, 11) is 1.62. The minimum absolute atomic E-state index is 0.597. The van der Waals surface area contributed by atoms with E-state index in [0.717, 1.165) is 27.3 Å². The molecule has 0 spiro atoms. The molecule has 0 radical (unpaired) electrons. The third-order valence-electron chi connectivity index (χ3n) is 2.67. The highest BCUT2D eigenvalue weighted by molar-refractivity contribution is 9.10. The number of hydrogen-bond acceptors (Lipinski definition) is 3. The molecule has 0 unspecified atom stereocenters. The first kappa shape index (κ1) is 13.4.